The zero-order chi connectivity index (χ0) is 11.4. The number of ether oxygens (including phenoxy) is 1. The van der Waals surface area contributed by atoms with Crippen LogP contribution in [0.5, 0.6) is 0 Å². The Labute approximate surface area is 91.6 Å². The molecule has 6 heteroatoms. The van der Waals surface area contributed by atoms with E-state index in [-0.39, 0.29) is 5.76 Å². The lowest BCUT2D eigenvalue weighted by Crippen LogP contribution is -1.99. The van der Waals surface area contributed by atoms with Gasteiger partial charge in [-0.3, -0.25) is 5.10 Å². The molecule has 0 fully saturated rings. The van der Waals surface area contributed by atoms with Crippen LogP contribution in [0.15, 0.2) is 28.9 Å². The standard InChI is InChI=1S/C10H11N3O3/c1-15-10(14)9-3-2-8(16-9)6-11-7-4-12-13-5-7/h2-5,11H,6H2,1H3,(H,12,13). The van der Waals surface area contributed by atoms with Crippen molar-refractivity contribution in [2.75, 3.05) is 12.4 Å². The number of rotatable bonds is 4. The Morgan fingerprint density at radius 1 is 1.62 bits per heavy atom. The van der Waals surface area contributed by atoms with Crippen LogP contribution in [0.2, 0.25) is 0 Å². The number of esters is 1. The first-order valence-electron chi connectivity index (χ1n) is 4.69. The Morgan fingerprint density at radius 2 is 2.50 bits per heavy atom. The van der Waals surface area contributed by atoms with E-state index in [1.54, 1.807) is 24.5 Å². The summed E-state index contributed by atoms with van der Waals surface area (Å²) in [7, 11) is 1.31. The molecule has 2 N–H and O–H groups in total. The van der Waals surface area contributed by atoms with Gasteiger partial charge < -0.3 is 14.5 Å². The summed E-state index contributed by atoms with van der Waals surface area (Å²) >= 11 is 0. The zero-order valence-electron chi connectivity index (χ0n) is 8.69. The van der Waals surface area contributed by atoms with Crippen LogP contribution in [0.25, 0.3) is 0 Å². The molecule has 2 rings (SSSR count). The molecule has 2 aromatic rings. The lowest BCUT2D eigenvalue weighted by molar-refractivity contribution is 0.0563. The Kier molecular flexibility index (Phi) is 2.90. The van der Waals surface area contributed by atoms with Crippen molar-refractivity contribution in [2.45, 2.75) is 6.54 Å². The van der Waals surface area contributed by atoms with E-state index in [9.17, 15) is 4.79 Å². The van der Waals surface area contributed by atoms with Crippen molar-refractivity contribution in [3.8, 4) is 0 Å². The number of nitrogens with one attached hydrogen (secondary N) is 2. The number of methoxy groups -OCH3 is 1. The van der Waals surface area contributed by atoms with Gasteiger partial charge in [-0.15, -0.1) is 0 Å². The first-order valence-corrected chi connectivity index (χ1v) is 4.69. The predicted octanol–water partition coefficient (Wildman–Crippen LogP) is 1.40. The van der Waals surface area contributed by atoms with Crippen LogP contribution in [0, 0.1) is 0 Å². The van der Waals surface area contributed by atoms with Crippen LogP contribution in [0.1, 0.15) is 16.3 Å². The van der Waals surface area contributed by atoms with Gasteiger partial charge in [0.05, 0.1) is 25.5 Å². The van der Waals surface area contributed by atoms with Gasteiger partial charge in [-0.05, 0) is 12.1 Å². The number of carbonyl (C=O) groups excluding carboxylic acids is 1. The summed E-state index contributed by atoms with van der Waals surface area (Å²) in [6.07, 6.45) is 3.38. The molecule has 2 heterocycles. The number of aromatic amines is 1. The Balaban J connectivity index is 1.95. The first-order chi connectivity index (χ1) is 7.79. The second-order valence-electron chi connectivity index (χ2n) is 3.10. The van der Waals surface area contributed by atoms with Gasteiger partial charge in [-0.25, -0.2) is 4.79 Å². The first kappa shape index (κ1) is 10.3. The largest absolute Gasteiger partial charge is 0.463 e. The van der Waals surface area contributed by atoms with Crippen molar-refractivity contribution < 1.29 is 13.9 Å². The summed E-state index contributed by atoms with van der Waals surface area (Å²) in [4.78, 5) is 11.1. The molecule has 16 heavy (non-hydrogen) atoms. The average Bonchev–Trinajstić information content (AvgIpc) is 2.96. The third kappa shape index (κ3) is 2.22. The highest BCUT2D eigenvalue weighted by molar-refractivity contribution is 5.86. The molecule has 2 aromatic heterocycles. The summed E-state index contributed by atoms with van der Waals surface area (Å²) in [6.45, 7) is 0.483. The van der Waals surface area contributed by atoms with E-state index in [4.69, 9.17) is 4.42 Å². The number of nitrogens with zero attached hydrogens (tertiary/aromatic N) is 1. The van der Waals surface area contributed by atoms with Gasteiger partial charge >= 0.3 is 5.97 Å². The van der Waals surface area contributed by atoms with Crippen molar-refractivity contribution in [2.24, 2.45) is 0 Å². The quantitative estimate of drug-likeness (QED) is 0.763. The fourth-order valence-electron chi connectivity index (χ4n) is 1.22. The minimum Gasteiger partial charge on any atom is -0.463 e. The normalized spacial score (nSPS) is 10.1. The molecule has 0 aliphatic carbocycles. The summed E-state index contributed by atoms with van der Waals surface area (Å²) in [6, 6.07) is 3.30. The number of anilines is 1. The summed E-state index contributed by atoms with van der Waals surface area (Å²) < 4.78 is 9.80. The van der Waals surface area contributed by atoms with Gasteiger partial charge in [0, 0.05) is 6.20 Å². The molecule has 0 spiro atoms. The third-order valence-electron chi connectivity index (χ3n) is 2.01. The molecule has 84 valence electrons. The molecular formula is C10H11N3O3. The Hall–Kier alpha value is -2.24. The van der Waals surface area contributed by atoms with Gasteiger partial charge in [0.2, 0.25) is 5.76 Å². The highest BCUT2D eigenvalue weighted by Crippen LogP contribution is 2.11. The second kappa shape index (κ2) is 4.52. The van der Waals surface area contributed by atoms with Crippen molar-refractivity contribution in [1.29, 1.82) is 0 Å². The maximum Gasteiger partial charge on any atom is 0.373 e. The molecule has 0 aliphatic heterocycles. The molecule has 0 aromatic carbocycles. The molecule has 0 saturated carbocycles. The minimum atomic E-state index is -0.477. The molecule has 0 aliphatic rings. The van der Waals surface area contributed by atoms with Crippen LogP contribution in [0.4, 0.5) is 5.69 Å². The van der Waals surface area contributed by atoms with E-state index >= 15 is 0 Å². The van der Waals surface area contributed by atoms with Crippen molar-refractivity contribution in [3.05, 3.63) is 36.0 Å². The fraction of sp³-hybridized carbons (Fsp3) is 0.200. The Bertz CT molecular complexity index is 461. The minimum absolute atomic E-state index is 0.200. The van der Waals surface area contributed by atoms with Crippen LogP contribution in [-0.4, -0.2) is 23.3 Å². The SMILES string of the molecule is COC(=O)c1ccc(CNc2cn[nH]c2)o1. The highest BCUT2D eigenvalue weighted by atomic mass is 16.5. The van der Waals surface area contributed by atoms with Crippen molar-refractivity contribution in [1.82, 2.24) is 10.2 Å². The number of carbonyl (C=O) groups is 1. The van der Waals surface area contributed by atoms with E-state index in [0.717, 1.165) is 5.69 Å². The summed E-state index contributed by atoms with van der Waals surface area (Å²) in [5.74, 6) is 0.377. The number of H-pyrrole nitrogens is 1. The van der Waals surface area contributed by atoms with Crippen LogP contribution in [-0.2, 0) is 11.3 Å². The zero-order valence-corrected chi connectivity index (χ0v) is 8.69. The number of hydrogen-bond acceptors (Lipinski definition) is 5. The van der Waals surface area contributed by atoms with Crippen LogP contribution >= 0.6 is 0 Å². The Morgan fingerprint density at radius 3 is 3.19 bits per heavy atom. The molecule has 0 amide bonds. The van der Waals surface area contributed by atoms with Gasteiger partial charge in [-0.2, -0.15) is 5.10 Å². The van der Waals surface area contributed by atoms with E-state index in [1.807, 2.05) is 0 Å². The fourth-order valence-corrected chi connectivity index (χ4v) is 1.22. The van der Waals surface area contributed by atoms with Crippen molar-refractivity contribution in [3.63, 3.8) is 0 Å². The summed E-state index contributed by atoms with van der Waals surface area (Å²) in [5.41, 5.74) is 0.857. The summed E-state index contributed by atoms with van der Waals surface area (Å²) in [5, 5.41) is 9.54. The monoisotopic (exact) mass is 221 g/mol. The lowest BCUT2D eigenvalue weighted by atomic mass is 10.4. The van der Waals surface area contributed by atoms with Gasteiger partial charge in [-0.1, -0.05) is 0 Å². The molecular weight excluding hydrogens is 210 g/mol. The number of furan rings is 1. The van der Waals surface area contributed by atoms with Gasteiger partial charge in [0.1, 0.15) is 5.76 Å². The van der Waals surface area contributed by atoms with E-state index < -0.39 is 5.97 Å². The molecule has 0 saturated heterocycles. The van der Waals surface area contributed by atoms with Crippen molar-refractivity contribution >= 4 is 11.7 Å². The van der Waals surface area contributed by atoms with E-state index in [0.29, 0.717) is 12.3 Å². The van der Waals surface area contributed by atoms with E-state index in [1.165, 1.54) is 7.11 Å². The number of aromatic nitrogens is 2. The van der Waals surface area contributed by atoms with Crippen LogP contribution < -0.4 is 5.32 Å². The maximum absolute atomic E-state index is 11.1. The molecule has 6 nitrogen and oxygen atoms in total. The predicted molar refractivity (Wildman–Crippen MR) is 56.0 cm³/mol. The smallest absolute Gasteiger partial charge is 0.373 e. The third-order valence-corrected chi connectivity index (χ3v) is 2.01. The lowest BCUT2D eigenvalue weighted by Gasteiger charge is -1.99. The van der Waals surface area contributed by atoms with Crippen LogP contribution in [0.3, 0.4) is 0 Å². The van der Waals surface area contributed by atoms with Gasteiger partial charge in [0.25, 0.3) is 0 Å². The topological polar surface area (TPSA) is 80.1 Å². The maximum atomic E-state index is 11.1. The molecule has 0 atom stereocenters. The molecule has 0 bridgehead atoms. The average molecular weight is 221 g/mol. The number of hydrogen-bond donors (Lipinski definition) is 2. The highest BCUT2D eigenvalue weighted by Gasteiger charge is 2.10. The molecule has 0 unspecified atom stereocenters. The van der Waals surface area contributed by atoms with E-state index in [2.05, 4.69) is 20.3 Å². The molecule has 0 radical (unpaired) electrons. The van der Waals surface area contributed by atoms with Gasteiger partial charge in [0.15, 0.2) is 0 Å². The second-order valence-corrected chi connectivity index (χ2v) is 3.10.